The van der Waals surface area contributed by atoms with Crippen molar-refractivity contribution in [1.29, 1.82) is 0 Å². The van der Waals surface area contributed by atoms with Gasteiger partial charge < -0.3 is 9.47 Å². The molecule has 2 heterocycles. The summed E-state index contributed by atoms with van der Waals surface area (Å²) in [5.41, 5.74) is 4.44. The Kier molecular flexibility index (Phi) is 8.22. The zero-order chi connectivity index (χ0) is 30.2. The topological polar surface area (TPSA) is 25.2 Å². The SMILES string of the molecule is O=c1ccc2ccccc2n1C1CCN(C2CCC3CCCCC3C2)CC1.c1ccc2c(c1)ccc1c3c(ccc12)CCCC3. The summed E-state index contributed by atoms with van der Waals surface area (Å²) in [6.45, 7) is 2.31. The van der Waals surface area contributed by atoms with Gasteiger partial charge in [0.2, 0.25) is 0 Å². The van der Waals surface area contributed by atoms with E-state index in [1.165, 1.54) is 97.6 Å². The Morgan fingerprint density at radius 2 is 1.27 bits per heavy atom. The Hall–Kier alpha value is -3.43. The standard InChI is InChI=1S/C24H32N2O.C18H16/c27-24-12-10-19-6-3-4-8-23(19)26(24)21-13-15-25(16-14-21)22-11-9-18-5-1-2-7-20(18)17-22;1-3-7-15-13(5-1)9-11-18-16-8-4-2-6-14(16)10-12-17(15)18/h3-4,6,8,10,12,18,20-22H,1-2,5,7,9,11,13-17H2;1,3,5,7,9-12H,2,4,6,8H2. The first kappa shape index (κ1) is 29.0. The molecule has 3 heteroatoms. The molecule has 3 nitrogen and oxygen atoms in total. The van der Waals surface area contributed by atoms with Crippen LogP contribution in [0.1, 0.15) is 87.8 Å². The van der Waals surface area contributed by atoms with E-state index in [-0.39, 0.29) is 5.56 Å². The Labute approximate surface area is 268 Å². The average Bonchev–Trinajstić information content (AvgIpc) is 3.11. The van der Waals surface area contributed by atoms with Gasteiger partial charge in [-0.3, -0.25) is 4.79 Å². The predicted octanol–water partition coefficient (Wildman–Crippen LogP) is 9.87. The molecule has 4 aliphatic rings. The molecule has 232 valence electrons. The van der Waals surface area contributed by atoms with Crippen molar-refractivity contribution in [3.8, 4) is 0 Å². The first-order valence-corrected chi connectivity index (χ1v) is 18.0. The van der Waals surface area contributed by atoms with Crippen LogP contribution in [0.15, 0.2) is 89.7 Å². The number of fused-ring (bicyclic) bond motifs is 7. The van der Waals surface area contributed by atoms with Crippen LogP contribution in [0, 0.1) is 11.8 Å². The second kappa shape index (κ2) is 12.8. The van der Waals surface area contributed by atoms with E-state index < -0.39 is 0 Å². The fraction of sp³-hybridized carbons (Fsp3) is 0.452. The highest BCUT2D eigenvalue weighted by Crippen LogP contribution is 2.42. The Morgan fingerprint density at radius 1 is 0.533 bits per heavy atom. The van der Waals surface area contributed by atoms with Gasteiger partial charge in [0, 0.05) is 31.2 Å². The summed E-state index contributed by atoms with van der Waals surface area (Å²) in [7, 11) is 0. The van der Waals surface area contributed by atoms with Gasteiger partial charge in [0.1, 0.15) is 0 Å². The molecule has 3 atom stereocenters. The predicted molar refractivity (Wildman–Crippen MR) is 189 cm³/mol. The van der Waals surface area contributed by atoms with Crippen molar-refractivity contribution in [3.05, 3.63) is 106 Å². The van der Waals surface area contributed by atoms with E-state index >= 15 is 0 Å². The molecule has 0 radical (unpaired) electrons. The van der Waals surface area contributed by atoms with Crippen LogP contribution < -0.4 is 5.56 Å². The van der Waals surface area contributed by atoms with Crippen LogP contribution in [0.4, 0.5) is 0 Å². The lowest BCUT2D eigenvalue weighted by molar-refractivity contribution is 0.0535. The number of nitrogens with zero attached hydrogens (tertiary/aromatic N) is 2. The number of likely N-dealkylation sites (tertiary alicyclic amines) is 1. The molecular formula is C42H48N2O. The first-order chi connectivity index (χ1) is 22.2. The number of piperidine rings is 1. The van der Waals surface area contributed by atoms with Gasteiger partial charge in [0.25, 0.3) is 5.56 Å². The van der Waals surface area contributed by atoms with Gasteiger partial charge in [0.15, 0.2) is 0 Å². The number of hydrogen-bond donors (Lipinski definition) is 0. The van der Waals surface area contributed by atoms with Crippen LogP contribution in [-0.4, -0.2) is 28.6 Å². The highest BCUT2D eigenvalue weighted by molar-refractivity contribution is 6.08. The lowest BCUT2D eigenvalue weighted by atomic mass is 9.69. The van der Waals surface area contributed by atoms with Gasteiger partial charge in [-0.15, -0.1) is 0 Å². The molecule has 0 spiro atoms. The summed E-state index contributed by atoms with van der Waals surface area (Å²) in [5.74, 6) is 2.03. The second-order valence-corrected chi connectivity index (χ2v) is 14.4. The summed E-state index contributed by atoms with van der Waals surface area (Å²) >= 11 is 0. The number of para-hydroxylation sites is 1. The molecule has 1 saturated heterocycles. The maximum Gasteiger partial charge on any atom is 0.251 e. The van der Waals surface area contributed by atoms with Gasteiger partial charge >= 0.3 is 0 Å². The van der Waals surface area contributed by atoms with Gasteiger partial charge in [0.05, 0.1) is 5.52 Å². The fourth-order valence-electron chi connectivity index (χ4n) is 9.62. The minimum Gasteiger partial charge on any atom is -0.305 e. The van der Waals surface area contributed by atoms with Crippen molar-refractivity contribution >= 4 is 32.4 Å². The molecule has 0 N–H and O–H groups in total. The molecule has 4 aromatic carbocycles. The summed E-state index contributed by atoms with van der Waals surface area (Å²) in [6.07, 6.45) is 17.6. The third-order valence-electron chi connectivity index (χ3n) is 12.0. The minimum absolute atomic E-state index is 0.162. The lowest BCUT2D eigenvalue weighted by Gasteiger charge is -2.45. The van der Waals surface area contributed by atoms with Crippen molar-refractivity contribution in [2.75, 3.05) is 13.1 Å². The monoisotopic (exact) mass is 596 g/mol. The second-order valence-electron chi connectivity index (χ2n) is 14.4. The zero-order valence-electron chi connectivity index (χ0n) is 26.8. The Morgan fingerprint density at radius 3 is 2.16 bits per heavy atom. The molecule has 5 aromatic rings. The van der Waals surface area contributed by atoms with Crippen LogP contribution in [0.25, 0.3) is 32.4 Å². The summed E-state index contributed by atoms with van der Waals surface area (Å²) in [4.78, 5) is 15.4. The number of pyridine rings is 1. The zero-order valence-corrected chi connectivity index (χ0v) is 26.8. The molecule has 3 unspecified atom stereocenters. The van der Waals surface area contributed by atoms with Crippen LogP contribution in [-0.2, 0) is 12.8 Å². The Balaban J connectivity index is 0.000000144. The highest BCUT2D eigenvalue weighted by atomic mass is 16.1. The molecule has 1 aromatic heterocycles. The third-order valence-corrected chi connectivity index (χ3v) is 12.0. The minimum atomic E-state index is 0.162. The van der Waals surface area contributed by atoms with Crippen molar-refractivity contribution in [1.82, 2.24) is 9.47 Å². The summed E-state index contributed by atoms with van der Waals surface area (Å²) in [5, 5.41) is 6.82. The number of benzene rings is 4. The number of aromatic nitrogens is 1. The number of rotatable bonds is 2. The smallest absolute Gasteiger partial charge is 0.251 e. The molecular weight excluding hydrogens is 548 g/mol. The maximum atomic E-state index is 12.6. The van der Waals surface area contributed by atoms with Crippen molar-refractivity contribution in [3.63, 3.8) is 0 Å². The molecule has 3 fully saturated rings. The van der Waals surface area contributed by atoms with Crippen molar-refractivity contribution < 1.29 is 0 Å². The van der Waals surface area contributed by atoms with Gasteiger partial charge in [-0.2, -0.15) is 0 Å². The number of aryl methyl sites for hydroxylation is 2. The van der Waals surface area contributed by atoms with Crippen LogP contribution >= 0.6 is 0 Å². The van der Waals surface area contributed by atoms with Crippen LogP contribution in [0.2, 0.25) is 0 Å². The van der Waals surface area contributed by atoms with E-state index in [2.05, 4.69) is 82.3 Å². The molecule has 0 bridgehead atoms. The summed E-state index contributed by atoms with van der Waals surface area (Å²) < 4.78 is 2.07. The molecule has 1 aliphatic heterocycles. The van der Waals surface area contributed by atoms with E-state index in [0.717, 1.165) is 49.3 Å². The van der Waals surface area contributed by atoms with Gasteiger partial charge in [-0.05, 0) is 120 Å². The van der Waals surface area contributed by atoms with E-state index in [0.29, 0.717) is 6.04 Å². The van der Waals surface area contributed by atoms with Crippen LogP contribution in [0.3, 0.4) is 0 Å². The fourth-order valence-corrected chi connectivity index (χ4v) is 9.62. The number of hydrogen-bond acceptors (Lipinski definition) is 2. The van der Waals surface area contributed by atoms with E-state index in [1.807, 2.05) is 6.07 Å². The Bertz CT molecular complexity index is 1860. The van der Waals surface area contributed by atoms with Gasteiger partial charge in [-0.1, -0.05) is 92.4 Å². The van der Waals surface area contributed by atoms with E-state index in [9.17, 15) is 4.79 Å². The lowest BCUT2D eigenvalue weighted by Crippen LogP contribution is -2.46. The third kappa shape index (κ3) is 5.74. The normalized spacial score (nSPS) is 24.1. The average molecular weight is 597 g/mol. The summed E-state index contributed by atoms with van der Waals surface area (Å²) in [6, 6.07) is 31.2. The quantitative estimate of drug-likeness (QED) is 0.190. The van der Waals surface area contributed by atoms with E-state index in [4.69, 9.17) is 0 Å². The largest absolute Gasteiger partial charge is 0.305 e. The maximum absolute atomic E-state index is 12.6. The molecule has 9 rings (SSSR count). The first-order valence-electron chi connectivity index (χ1n) is 18.0. The highest BCUT2D eigenvalue weighted by Gasteiger charge is 2.36. The van der Waals surface area contributed by atoms with Gasteiger partial charge in [-0.25, -0.2) is 0 Å². The van der Waals surface area contributed by atoms with E-state index in [1.54, 1.807) is 17.2 Å². The van der Waals surface area contributed by atoms with Crippen molar-refractivity contribution in [2.45, 2.75) is 95.6 Å². The molecule has 2 saturated carbocycles. The molecule has 3 aliphatic carbocycles. The van der Waals surface area contributed by atoms with Crippen LogP contribution in [0.5, 0.6) is 0 Å². The molecule has 45 heavy (non-hydrogen) atoms. The van der Waals surface area contributed by atoms with Crippen molar-refractivity contribution in [2.24, 2.45) is 11.8 Å². The molecule has 0 amide bonds.